The van der Waals surface area contributed by atoms with Crippen LogP contribution in [-0.4, -0.2) is 141 Å². The van der Waals surface area contributed by atoms with Gasteiger partial charge in [0.05, 0.1) is 61.1 Å². The van der Waals surface area contributed by atoms with E-state index in [0.29, 0.717) is 65.8 Å². The molecule has 28 nitrogen and oxygen atoms in total. The minimum atomic E-state index is -1.03. The minimum absolute atomic E-state index is 0.0431. The molecule has 5 aromatic carbocycles. The lowest BCUT2D eigenvalue weighted by Crippen LogP contribution is -2.03. The zero-order valence-corrected chi connectivity index (χ0v) is 76.1. The van der Waals surface area contributed by atoms with Gasteiger partial charge < -0.3 is 25.5 Å². The van der Waals surface area contributed by atoms with Crippen LogP contribution in [0.15, 0.2) is 334 Å². The van der Waals surface area contributed by atoms with Crippen LogP contribution >= 0.6 is 11.6 Å². The Balaban J connectivity index is 0.000000129. The van der Waals surface area contributed by atoms with Gasteiger partial charge in [-0.25, -0.2) is 71.5 Å². The Kier molecular flexibility index (Phi) is 30.2. The lowest BCUT2D eigenvalue weighted by Gasteiger charge is -2.05. The van der Waals surface area contributed by atoms with E-state index >= 15 is 0 Å². The van der Waals surface area contributed by atoms with E-state index in [1.165, 1.54) is 30.3 Å². The molecule has 680 valence electrons. The van der Waals surface area contributed by atoms with Gasteiger partial charge in [0, 0.05) is 153 Å². The monoisotopic (exact) mass is 1870 g/mol. The fourth-order valence-electron chi connectivity index (χ4n) is 15.9. The van der Waals surface area contributed by atoms with E-state index in [-0.39, 0.29) is 28.5 Å². The summed E-state index contributed by atoms with van der Waals surface area (Å²) in [6, 6.07) is 95.8. The van der Waals surface area contributed by atoms with Crippen LogP contribution < -0.4 is 0 Å². The first kappa shape index (κ1) is 94.4. The standard InChI is InChI=1S/C26H19N3O2.3C21H17N3O2.C17H14ClN3O2.O2S.OS/c30-26(31)23-13-7-12-21(27-23)16-22-24-15-14-20(18-8-3-1-4-9-18)17-29(24)28-25(22)19-10-5-2-6-11-19;3*1-14-10-11-19-17(12-16-8-5-9-18(22-16)21(25)26)20(23-24(19)13-14)15-6-3-2-4-7-15;18-11-6-7-15-13(16(10-4-5-10)20-21(15)9-11)8-12-2-1-3-14(19-12)17(22)23;1-3-2;1-2/h1-15,17H,16H2,(H,30,31);3*2-11,13H,12H2,1H3,(H,25,26);1-3,6-7,9-10H,4-5,8H2,(H,22,23);;. The predicted molar refractivity (Wildman–Crippen MR) is 521 cm³/mol. The summed E-state index contributed by atoms with van der Waals surface area (Å²) in [5.74, 6) is -4.62. The second-order valence-electron chi connectivity index (χ2n) is 31.9. The van der Waals surface area contributed by atoms with Crippen LogP contribution in [0.2, 0.25) is 5.02 Å². The number of aromatic carboxylic acids is 5. The molecule has 0 unspecified atom stereocenters. The third kappa shape index (κ3) is 23.1. The molecule has 0 saturated heterocycles. The molecule has 5 N–H and O–H groups in total. The number of carboxylic acid groups (broad SMARTS) is 5. The first-order valence-corrected chi connectivity index (χ1v) is 44.4. The quantitative estimate of drug-likeness (QED) is 0.0446. The number of benzene rings is 5. The van der Waals surface area contributed by atoms with E-state index in [1.54, 1.807) is 36.5 Å². The number of carboxylic acids is 5. The highest BCUT2D eigenvalue weighted by Gasteiger charge is 2.31. The second-order valence-corrected chi connectivity index (χ2v) is 32.4. The number of rotatable bonds is 21. The number of aryl methyl sites for hydroxylation is 3. The van der Waals surface area contributed by atoms with Crippen molar-refractivity contribution in [3.63, 3.8) is 0 Å². The summed E-state index contributed by atoms with van der Waals surface area (Å²) in [5, 5.41) is 70.5. The maximum atomic E-state index is 11.3. The molecule has 0 aliphatic heterocycles. The largest absolute Gasteiger partial charge is 0.477 e. The van der Waals surface area contributed by atoms with Crippen LogP contribution in [0.3, 0.4) is 0 Å². The lowest BCUT2D eigenvalue weighted by molar-refractivity contribution is 0.0679. The van der Waals surface area contributed by atoms with Gasteiger partial charge in [-0.15, -0.1) is 0 Å². The number of hydrogen-bond acceptors (Lipinski definition) is 19. The van der Waals surface area contributed by atoms with Gasteiger partial charge in [0.2, 0.25) is 0 Å². The molecule has 0 bridgehead atoms. The number of hydrogen-bond donors (Lipinski definition) is 5. The van der Waals surface area contributed by atoms with Gasteiger partial charge in [0.25, 0.3) is 0 Å². The highest BCUT2D eigenvalue weighted by molar-refractivity contribution is 7.51. The summed E-state index contributed by atoms with van der Waals surface area (Å²) in [6.45, 7) is 6.09. The molecule has 1 saturated carbocycles. The molecule has 1 fully saturated rings. The molecule has 15 aromatic heterocycles. The first-order chi connectivity index (χ1) is 66.6. The average Bonchev–Trinajstić information content (AvgIpc) is 1.61. The normalized spacial score (nSPS) is 11.2. The number of halogens is 1. The zero-order valence-electron chi connectivity index (χ0n) is 73.7. The van der Waals surface area contributed by atoms with E-state index in [2.05, 4.69) is 85.0 Å². The van der Waals surface area contributed by atoms with Gasteiger partial charge in [-0.3, -0.25) is 0 Å². The number of carbonyl (C=O) groups is 5. The van der Waals surface area contributed by atoms with Crippen molar-refractivity contribution in [2.75, 3.05) is 0 Å². The fourth-order valence-corrected chi connectivity index (χ4v) is 16.0. The smallest absolute Gasteiger partial charge is 0.354 e. The Labute approximate surface area is 797 Å². The van der Waals surface area contributed by atoms with Gasteiger partial charge in [0.15, 0.2) is 12.5 Å². The number of nitrogens with zero attached hydrogens (tertiary/aromatic N) is 15. The first-order valence-electron chi connectivity index (χ1n) is 43.0. The summed E-state index contributed by atoms with van der Waals surface area (Å²) in [7, 11) is 0. The van der Waals surface area contributed by atoms with E-state index in [9.17, 15) is 44.4 Å². The Morgan fingerprint density at radius 1 is 0.292 bits per heavy atom. The Bertz CT molecular complexity index is 7420. The maximum Gasteiger partial charge on any atom is 0.354 e. The number of aromatic nitrogens is 15. The third-order valence-electron chi connectivity index (χ3n) is 22.3. The molecular formula is C106H84ClN15O13S2. The van der Waals surface area contributed by atoms with Gasteiger partial charge in [-0.05, 0) is 153 Å². The summed E-state index contributed by atoms with van der Waals surface area (Å²) >= 11 is 8.14. The summed E-state index contributed by atoms with van der Waals surface area (Å²) in [5.41, 5.74) is 28.3. The van der Waals surface area contributed by atoms with Crippen LogP contribution in [0.25, 0.3) is 83.7 Å². The van der Waals surface area contributed by atoms with Gasteiger partial charge >= 0.3 is 41.4 Å². The highest BCUT2D eigenvalue weighted by atomic mass is 35.5. The lowest BCUT2D eigenvalue weighted by atomic mass is 10.0. The van der Waals surface area contributed by atoms with Gasteiger partial charge in [0.1, 0.15) is 28.5 Å². The van der Waals surface area contributed by atoms with Crippen molar-refractivity contribution in [2.24, 2.45) is 0 Å². The molecule has 0 spiro atoms. The number of fused-ring (bicyclic) bond motifs is 5. The summed E-state index contributed by atoms with van der Waals surface area (Å²) < 4.78 is 33.8. The van der Waals surface area contributed by atoms with Crippen LogP contribution in [0.5, 0.6) is 0 Å². The van der Waals surface area contributed by atoms with Gasteiger partial charge in [-0.1, -0.05) is 218 Å². The third-order valence-corrected chi connectivity index (χ3v) is 22.5. The Hall–Kier alpha value is -17.2. The van der Waals surface area contributed by atoms with Crippen molar-refractivity contribution in [3.05, 3.63) is 446 Å². The molecule has 137 heavy (non-hydrogen) atoms. The van der Waals surface area contributed by atoms with Crippen molar-refractivity contribution < 1.29 is 62.1 Å². The van der Waals surface area contributed by atoms with Crippen molar-refractivity contribution in [1.29, 1.82) is 0 Å². The maximum absolute atomic E-state index is 11.3. The predicted octanol–water partition coefficient (Wildman–Crippen LogP) is 19.9. The van der Waals surface area contributed by atoms with E-state index in [0.717, 1.165) is 152 Å². The van der Waals surface area contributed by atoms with Gasteiger partial charge in [-0.2, -0.15) is 38.1 Å². The van der Waals surface area contributed by atoms with Crippen LogP contribution in [-0.2, 0) is 56.2 Å². The van der Waals surface area contributed by atoms with Crippen molar-refractivity contribution in [3.8, 4) is 56.2 Å². The number of pyridine rings is 10. The van der Waals surface area contributed by atoms with Crippen molar-refractivity contribution in [2.45, 2.75) is 71.6 Å². The molecule has 1 aliphatic carbocycles. The summed E-state index contributed by atoms with van der Waals surface area (Å²) in [6.07, 6.45) is 14.7. The summed E-state index contributed by atoms with van der Waals surface area (Å²) in [4.78, 5) is 77.4. The molecule has 0 amide bonds. The molecule has 31 heteroatoms. The average molecular weight is 1880 g/mol. The highest BCUT2D eigenvalue weighted by Crippen LogP contribution is 2.43. The SMILES string of the molecule is Cc1ccc2c(Cc3cccc(C(=O)O)n3)c(-c3ccccc3)nn2c1.Cc1ccc2c(Cc3cccc(C(=O)O)n3)c(-c3ccccc3)nn2c1.Cc1ccc2c(Cc3cccc(C(=O)O)n3)c(-c3ccccc3)nn2c1.O=C(O)c1cccc(Cc2c(-c3ccccc3)nn3cc(-c4ccccc4)ccc23)n1.O=C(O)c1cccc(Cc2c(C3CC3)nn3cc(Cl)ccc23)n1.O=S.O=S=O. The van der Waals surface area contributed by atoms with E-state index in [1.807, 2.05) is 268 Å². The topological polar surface area (TPSA) is 389 Å². The molecule has 15 heterocycles. The van der Waals surface area contributed by atoms with E-state index < -0.39 is 41.4 Å². The second kappa shape index (κ2) is 43.9. The van der Waals surface area contributed by atoms with Crippen LogP contribution in [0.4, 0.5) is 0 Å². The fraction of sp³-hybridized carbons (Fsp3) is 0.104. The molecule has 0 atom stereocenters. The Morgan fingerprint density at radius 2 is 0.533 bits per heavy atom. The molecule has 0 radical (unpaired) electrons. The minimum Gasteiger partial charge on any atom is -0.477 e. The van der Waals surface area contributed by atoms with Crippen molar-refractivity contribution >= 4 is 93.1 Å². The molecule has 1 aliphatic rings. The van der Waals surface area contributed by atoms with Crippen LogP contribution in [0, 0.1) is 20.8 Å². The van der Waals surface area contributed by atoms with Crippen LogP contribution in [0.1, 0.15) is 150 Å². The molecular weight excluding hydrogens is 1790 g/mol. The zero-order chi connectivity index (χ0) is 96.2. The Morgan fingerprint density at radius 3 is 0.810 bits per heavy atom. The molecule has 21 rings (SSSR count). The van der Waals surface area contributed by atoms with E-state index in [4.69, 9.17) is 49.7 Å². The molecule has 20 aromatic rings. The van der Waals surface area contributed by atoms with Crippen molar-refractivity contribution in [1.82, 2.24) is 73.0 Å².